The Labute approximate surface area is 176 Å². The van der Waals surface area contributed by atoms with Gasteiger partial charge in [0.2, 0.25) is 0 Å². The van der Waals surface area contributed by atoms with Crippen molar-refractivity contribution in [3.8, 4) is 0 Å². The minimum Gasteiger partial charge on any atom is -0.330 e. The number of nitrogens with one attached hydrogen (secondary N) is 1. The van der Waals surface area contributed by atoms with Gasteiger partial charge in [-0.15, -0.1) is 0 Å². The molecular weight excluding hydrogens is 340 g/mol. The summed E-state index contributed by atoms with van der Waals surface area (Å²) in [6.45, 7) is 3.03. The highest BCUT2D eigenvalue weighted by molar-refractivity contribution is 5.14. The molecule has 0 aliphatic heterocycles. The number of nitrogens with two attached hydrogens (primary N) is 1. The summed E-state index contributed by atoms with van der Waals surface area (Å²) >= 11 is 0. The largest absolute Gasteiger partial charge is 0.330 e. The van der Waals surface area contributed by atoms with Gasteiger partial charge in [-0.3, -0.25) is 0 Å². The summed E-state index contributed by atoms with van der Waals surface area (Å²) in [5.74, 6) is 0. The molecule has 1 aromatic carbocycles. The van der Waals surface area contributed by atoms with E-state index in [4.69, 9.17) is 5.73 Å². The van der Waals surface area contributed by atoms with Crippen LogP contribution in [0.3, 0.4) is 0 Å². The molecule has 0 saturated carbocycles. The molecule has 2 nitrogen and oxygen atoms in total. The number of unbranched alkanes of at least 4 members (excludes halogenated alkanes) is 16. The molecule has 28 heavy (non-hydrogen) atoms. The Bertz CT molecular complexity index is 404. The third-order valence-corrected chi connectivity index (χ3v) is 5.73. The highest BCUT2D eigenvalue weighted by Gasteiger charge is 1.95. The fourth-order valence-corrected chi connectivity index (χ4v) is 3.87. The normalized spacial score (nSPS) is 11.2. The predicted octanol–water partition coefficient (Wildman–Crippen LogP) is 7.37. The number of hydrogen-bond acceptors (Lipinski definition) is 2. The lowest BCUT2D eigenvalue weighted by Crippen LogP contribution is -2.14. The summed E-state index contributed by atoms with van der Waals surface area (Å²) in [7, 11) is 0. The molecule has 1 aromatic rings. The summed E-state index contributed by atoms with van der Waals surface area (Å²) in [5, 5.41) is 3.55. The highest BCUT2D eigenvalue weighted by atomic mass is 14.8. The molecular formula is C26H48N2. The zero-order chi connectivity index (χ0) is 20.0. The molecule has 0 aliphatic carbocycles. The van der Waals surface area contributed by atoms with E-state index in [0.717, 1.165) is 19.6 Å². The molecule has 0 bridgehead atoms. The Morgan fingerprint density at radius 2 is 0.893 bits per heavy atom. The molecule has 1 rings (SSSR count). The molecule has 0 atom stereocenters. The Morgan fingerprint density at radius 1 is 0.500 bits per heavy atom. The molecule has 162 valence electrons. The van der Waals surface area contributed by atoms with Crippen LogP contribution in [-0.4, -0.2) is 13.1 Å². The lowest BCUT2D eigenvalue weighted by atomic mass is 10.0. The fraction of sp³-hybridized carbons (Fsp3) is 0.769. The van der Waals surface area contributed by atoms with E-state index in [1.165, 1.54) is 115 Å². The Kier molecular flexibility index (Phi) is 18.8. The van der Waals surface area contributed by atoms with E-state index < -0.39 is 0 Å². The number of rotatable bonds is 21. The molecule has 0 amide bonds. The third-order valence-electron chi connectivity index (χ3n) is 5.73. The van der Waals surface area contributed by atoms with Crippen molar-refractivity contribution in [3.05, 3.63) is 35.9 Å². The molecule has 3 N–H and O–H groups in total. The molecule has 0 radical (unpaired) electrons. The smallest absolute Gasteiger partial charge is 0.0205 e. The highest BCUT2D eigenvalue weighted by Crippen LogP contribution is 2.14. The van der Waals surface area contributed by atoms with Gasteiger partial charge >= 0.3 is 0 Å². The maximum Gasteiger partial charge on any atom is 0.0205 e. The SMILES string of the molecule is NCCCCCCCCCCCCCCCCCCCNCc1ccccc1. The van der Waals surface area contributed by atoms with Crippen molar-refractivity contribution in [1.82, 2.24) is 5.32 Å². The van der Waals surface area contributed by atoms with Crippen molar-refractivity contribution in [2.45, 2.75) is 116 Å². The first-order valence-corrected chi connectivity index (χ1v) is 12.4. The molecule has 2 heteroatoms. The van der Waals surface area contributed by atoms with Gasteiger partial charge in [0.1, 0.15) is 0 Å². The van der Waals surface area contributed by atoms with Gasteiger partial charge in [0.15, 0.2) is 0 Å². The van der Waals surface area contributed by atoms with Crippen LogP contribution >= 0.6 is 0 Å². The summed E-state index contributed by atoms with van der Waals surface area (Å²) in [6, 6.07) is 10.7. The summed E-state index contributed by atoms with van der Waals surface area (Å²) in [6.07, 6.45) is 24.0. The van der Waals surface area contributed by atoms with E-state index in [2.05, 4.69) is 35.6 Å². The quantitative estimate of drug-likeness (QED) is 0.216. The summed E-state index contributed by atoms with van der Waals surface area (Å²) in [4.78, 5) is 0. The van der Waals surface area contributed by atoms with Crippen LogP contribution < -0.4 is 11.1 Å². The van der Waals surface area contributed by atoms with Crippen LogP contribution in [-0.2, 0) is 6.54 Å². The van der Waals surface area contributed by atoms with Gasteiger partial charge in [-0.25, -0.2) is 0 Å². The van der Waals surface area contributed by atoms with Gasteiger partial charge in [0, 0.05) is 6.54 Å². The molecule has 0 heterocycles. The average Bonchev–Trinajstić information content (AvgIpc) is 2.73. The number of hydrogen-bond donors (Lipinski definition) is 2. The molecule has 0 saturated heterocycles. The van der Waals surface area contributed by atoms with E-state index in [-0.39, 0.29) is 0 Å². The molecule has 0 spiro atoms. The van der Waals surface area contributed by atoms with E-state index in [1.54, 1.807) is 0 Å². The van der Waals surface area contributed by atoms with Crippen molar-refractivity contribution in [1.29, 1.82) is 0 Å². The minimum atomic E-state index is 0.868. The molecule has 0 unspecified atom stereocenters. The van der Waals surface area contributed by atoms with Crippen molar-refractivity contribution >= 4 is 0 Å². The van der Waals surface area contributed by atoms with Crippen LogP contribution in [0.4, 0.5) is 0 Å². The maximum absolute atomic E-state index is 5.52. The van der Waals surface area contributed by atoms with Crippen molar-refractivity contribution in [2.24, 2.45) is 5.73 Å². The minimum absolute atomic E-state index is 0.868. The van der Waals surface area contributed by atoms with Crippen molar-refractivity contribution < 1.29 is 0 Å². The fourth-order valence-electron chi connectivity index (χ4n) is 3.87. The lowest BCUT2D eigenvalue weighted by Gasteiger charge is -2.05. The second-order valence-electron chi connectivity index (χ2n) is 8.46. The van der Waals surface area contributed by atoms with Crippen LogP contribution in [0, 0.1) is 0 Å². The van der Waals surface area contributed by atoms with Crippen LogP contribution in [0.25, 0.3) is 0 Å². The predicted molar refractivity (Wildman–Crippen MR) is 126 cm³/mol. The first kappa shape index (κ1) is 25.2. The lowest BCUT2D eigenvalue weighted by molar-refractivity contribution is 0.522. The Balaban J connectivity index is 1.67. The standard InChI is InChI=1S/C26H48N2/c27-23-19-14-12-10-8-6-4-2-1-3-5-7-9-11-13-15-20-24-28-25-26-21-17-16-18-22-26/h16-18,21-22,28H,1-15,19-20,23-25,27H2. The summed E-state index contributed by atoms with van der Waals surface area (Å²) in [5.41, 5.74) is 6.91. The van der Waals surface area contributed by atoms with Crippen LogP contribution in [0.1, 0.15) is 115 Å². The maximum atomic E-state index is 5.52. The van der Waals surface area contributed by atoms with Gasteiger partial charge in [0.05, 0.1) is 0 Å². The van der Waals surface area contributed by atoms with E-state index in [0.29, 0.717) is 0 Å². The van der Waals surface area contributed by atoms with Gasteiger partial charge in [-0.05, 0) is 31.5 Å². The topological polar surface area (TPSA) is 38.0 Å². The van der Waals surface area contributed by atoms with Crippen LogP contribution in [0.15, 0.2) is 30.3 Å². The zero-order valence-corrected chi connectivity index (χ0v) is 18.6. The molecule has 0 aromatic heterocycles. The van der Waals surface area contributed by atoms with Gasteiger partial charge in [-0.2, -0.15) is 0 Å². The molecule has 0 fully saturated rings. The summed E-state index contributed by atoms with van der Waals surface area (Å²) < 4.78 is 0. The second-order valence-corrected chi connectivity index (χ2v) is 8.46. The van der Waals surface area contributed by atoms with Gasteiger partial charge in [-0.1, -0.05) is 127 Å². The van der Waals surface area contributed by atoms with Gasteiger partial charge < -0.3 is 11.1 Å². The van der Waals surface area contributed by atoms with Crippen LogP contribution in [0.5, 0.6) is 0 Å². The second kappa shape index (κ2) is 20.9. The van der Waals surface area contributed by atoms with Crippen molar-refractivity contribution in [3.63, 3.8) is 0 Å². The Hall–Kier alpha value is -0.860. The van der Waals surface area contributed by atoms with E-state index in [1.807, 2.05) is 0 Å². The third kappa shape index (κ3) is 17.3. The van der Waals surface area contributed by atoms with E-state index >= 15 is 0 Å². The van der Waals surface area contributed by atoms with E-state index in [9.17, 15) is 0 Å². The van der Waals surface area contributed by atoms with Crippen molar-refractivity contribution in [2.75, 3.05) is 13.1 Å². The average molecular weight is 389 g/mol. The first-order chi connectivity index (χ1) is 13.9. The monoisotopic (exact) mass is 388 g/mol. The Morgan fingerprint density at radius 3 is 1.32 bits per heavy atom. The molecule has 0 aliphatic rings. The number of benzene rings is 1. The zero-order valence-electron chi connectivity index (χ0n) is 18.6. The van der Waals surface area contributed by atoms with Crippen LogP contribution in [0.2, 0.25) is 0 Å². The van der Waals surface area contributed by atoms with Gasteiger partial charge in [0.25, 0.3) is 0 Å². The first-order valence-electron chi connectivity index (χ1n) is 12.4.